The van der Waals surface area contributed by atoms with Gasteiger partial charge in [0.25, 0.3) is 11.8 Å². The Bertz CT molecular complexity index is 1350. The van der Waals surface area contributed by atoms with Gasteiger partial charge in [-0.1, -0.05) is 49.4 Å². The lowest BCUT2D eigenvalue weighted by Gasteiger charge is -2.32. The Morgan fingerprint density at radius 3 is 2.47 bits per heavy atom. The van der Waals surface area contributed by atoms with Gasteiger partial charge in [-0.25, -0.2) is 4.68 Å². The number of para-hydroxylation sites is 1. The first-order valence-electron chi connectivity index (χ1n) is 12.4. The third-order valence-electron chi connectivity index (χ3n) is 6.84. The van der Waals surface area contributed by atoms with E-state index in [4.69, 9.17) is 9.52 Å². The number of benzene rings is 2. The summed E-state index contributed by atoms with van der Waals surface area (Å²) in [4.78, 5) is 27.9. The van der Waals surface area contributed by atoms with Crippen molar-refractivity contribution in [3.05, 3.63) is 95.6 Å². The van der Waals surface area contributed by atoms with Crippen molar-refractivity contribution in [3.63, 3.8) is 0 Å². The van der Waals surface area contributed by atoms with Crippen molar-refractivity contribution < 1.29 is 14.0 Å². The highest BCUT2D eigenvalue weighted by Crippen LogP contribution is 2.26. The van der Waals surface area contributed by atoms with Crippen LogP contribution in [0.5, 0.6) is 0 Å². The predicted molar refractivity (Wildman–Crippen MR) is 138 cm³/mol. The SMILES string of the molecule is CCc1ccc(-c2nn(-c3ccccc3C)cc2C(=O)NC2CCN(C(=O)c3ccoc3)CC2)cc1. The Labute approximate surface area is 210 Å². The number of aromatic nitrogens is 2. The van der Waals surface area contributed by atoms with Crippen molar-refractivity contribution in [2.45, 2.75) is 39.2 Å². The Balaban J connectivity index is 1.36. The van der Waals surface area contributed by atoms with Gasteiger partial charge in [0.2, 0.25) is 0 Å². The second-order valence-corrected chi connectivity index (χ2v) is 9.22. The minimum atomic E-state index is -0.149. The molecule has 36 heavy (non-hydrogen) atoms. The number of furan rings is 1. The second kappa shape index (κ2) is 10.2. The van der Waals surface area contributed by atoms with Crippen LogP contribution in [0.25, 0.3) is 16.9 Å². The molecule has 0 saturated carbocycles. The van der Waals surface area contributed by atoms with Gasteiger partial charge in [-0.15, -0.1) is 0 Å². The first-order valence-corrected chi connectivity index (χ1v) is 12.4. The summed E-state index contributed by atoms with van der Waals surface area (Å²) < 4.78 is 6.83. The fourth-order valence-corrected chi connectivity index (χ4v) is 4.65. The van der Waals surface area contributed by atoms with E-state index in [9.17, 15) is 9.59 Å². The van der Waals surface area contributed by atoms with E-state index in [1.54, 1.807) is 10.7 Å². The van der Waals surface area contributed by atoms with Crippen LogP contribution < -0.4 is 5.32 Å². The van der Waals surface area contributed by atoms with Crippen LogP contribution in [0.15, 0.2) is 77.7 Å². The molecule has 4 aromatic rings. The quantitative estimate of drug-likeness (QED) is 0.418. The lowest BCUT2D eigenvalue weighted by atomic mass is 10.0. The van der Waals surface area contributed by atoms with Gasteiger partial charge < -0.3 is 14.6 Å². The summed E-state index contributed by atoms with van der Waals surface area (Å²) in [6.45, 7) is 5.32. The first kappa shape index (κ1) is 23.6. The van der Waals surface area contributed by atoms with E-state index in [0.29, 0.717) is 42.8 Å². The number of likely N-dealkylation sites (tertiary alicyclic amines) is 1. The highest BCUT2D eigenvalue weighted by atomic mass is 16.3. The Hall–Kier alpha value is -4.13. The van der Waals surface area contributed by atoms with Crippen molar-refractivity contribution in [2.75, 3.05) is 13.1 Å². The summed E-state index contributed by atoms with van der Waals surface area (Å²) in [5.41, 5.74) is 5.92. The number of nitrogens with zero attached hydrogens (tertiary/aromatic N) is 3. The molecule has 0 atom stereocenters. The van der Waals surface area contributed by atoms with Crippen LogP contribution >= 0.6 is 0 Å². The van der Waals surface area contributed by atoms with Crippen LogP contribution in [0.2, 0.25) is 0 Å². The van der Waals surface area contributed by atoms with E-state index in [1.807, 2.05) is 54.4 Å². The Morgan fingerprint density at radius 2 is 1.81 bits per heavy atom. The molecular weight excluding hydrogens is 452 g/mol. The van der Waals surface area contributed by atoms with E-state index in [0.717, 1.165) is 23.2 Å². The van der Waals surface area contributed by atoms with Crippen LogP contribution in [0.4, 0.5) is 0 Å². The lowest BCUT2D eigenvalue weighted by molar-refractivity contribution is 0.0697. The zero-order valence-corrected chi connectivity index (χ0v) is 20.6. The van der Waals surface area contributed by atoms with E-state index in [-0.39, 0.29) is 17.9 Å². The number of nitrogens with one attached hydrogen (secondary N) is 1. The summed E-state index contributed by atoms with van der Waals surface area (Å²) in [6, 6.07) is 17.9. The molecule has 3 heterocycles. The van der Waals surface area contributed by atoms with E-state index < -0.39 is 0 Å². The molecule has 7 nitrogen and oxygen atoms in total. The monoisotopic (exact) mass is 482 g/mol. The molecule has 2 aromatic carbocycles. The molecule has 2 amide bonds. The number of rotatable bonds is 6. The summed E-state index contributed by atoms with van der Waals surface area (Å²) in [5.74, 6) is -0.185. The third kappa shape index (κ3) is 4.82. The van der Waals surface area contributed by atoms with Crippen LogP contribution in [0.3, 0.4) is 0 Å². The van der Waals surface area contributed by atoms with Crippen molar-refractivity contribution >= 4 is 11.8 Å². The number of hydrogen-bond acceptors (Lipinski definition) is 4. The van der Waals surface area contributed by atoms with Crippen molar-refractivity contribution in [3.8, 4) is 16.9 Å². The second-order valence-electron chi connectivity index (χ2n) is 9.22. The highest BCUT2D eigenvalue weighted by Gasteiger charge is 2.27. The highest BCUT2D eigenvalue weighted by molar-refractivity contribution is 6.00. The molecule has 0 unspecified atom stereocenters. The number of hydrogen-bond donors (Lipinski definition) is 1. The molecule has 1 saturated heterocycles. The van der Waals surface area contributed by atoms with Gasteiger partial charge in [-0.05, 0) is 49.4 Å². The molecule has 1 fully saturated rings. The van der Waals surface area contributed by atoms with Crippen molar-refractivity contribution in [1.82, 2.24) is 20.0 Å². The van der Waals surface area contributed by atoms with Crippen molar-refractivity contribution in [1.29, 1.82) is 0 Å². The number of amides is 2. The average Bonchev–Trinajstić information content (AvgIpc) is 3.60. The van der Waals surface area contributed by atoms with Gasteiger partial charge in [-0.2, -0.15) is 5.10 Å². The standard InChI is InChI=1S/C29H30N4O3/c1-3-21-8-10-22(11-9-21)27-25(18-33(31-27)26-7-5-4-6-20(26)2)28(34)30-24-12-15-32(16-13-24)29(35)23-14-17-36-19-23/h4-11,14,17-19,24H,3,12-13,15-16H2,1-2H3,(H,30,34). The summed E-state index contributed by atoms with van der Waals surface area (Å²) in [5, 5.41) is 8.03. The van der Waals surface area contributed by atoms with Crippen LogP contribution in [0.1, 0.15) is 51.6 Å². The molecule has 0 radical (unpaired) electrons. The van der Waals surface area contributed by atoms with E-state index in [1.165, 1.54) is 18.1 Å². The van der Waals surface area contributed by atoms with E-state index >= 15 is 0 Å². The molecule has 1 aliphatic heterocycles. The first-order chi connectivity index (χ1) is 17.5. The molecule has 5 rings (SSSR count). The zero-order valence-electron chi connectivity index (χ0n) is 20.6. The van der Waals surface area contributed by atoms with Gasteiger partial charge in [0.15, 0.2) is 0 Å². The fourth-order valence-electron chi connectivity index (χ4n) is 4.65. The van der Waals surface area contributed by atoms with E-state index in [2.05, 4.69) is 24.4 Å². The normalized spacial score (nSPS) is 14.1. The summed E-state index contributed by atoms with van der Waals surface area (Å²) in [7, 11) is 0. The molecule has 0 aliphatic carbocycles. The van der Waals surface area contributed by atoms with Gasteiger partial charge in [0.1, 0.15) is 12.0 Å². The van der Waals surface area contributed by atoms with Gasteiger partial charge in [-0.3, -0.25) is 9.59 Å². The number of piperidine rings is 1. The lowest BCUT2D eigenvalue weighted by Crippen LogP contribution is -2.46. The van der Waals surface area contributed by atoms with Crippen LogP contribution in [-0.2, 0) is 6.42 Å². The fraction of sp³-hybridized carbons (Fsp3) is 0.276. The Morgan fingerprint density at radius 1 is 1.06 bits per heavy atom. The van der Waals surface area contributed by atoms with Gasteiger partial charge in [0, 0.05) is 30.9 Å². The average molecular weight is 483 g/mol. The minimum absolute atomic E-state index is 0.0111. The maximum atomic E-state index is 13.5. The Kier molecular flexibility index (Phi) is 6.71. The smallest absolute Gasteiger partial charge is 0.257 e. The summed E-state index contributed by atoms with van der Waals surface area (Å²) in [6.07, 6.45) is 7.14. The summed E-state index contributed by atoms with van der Waals surface area (Å²) >= 11 is 0. The minimum Gasteiger partial charge on any atom is -0.472 e. The molecule has 2 aromatic heterocycles. The largest absolute Gasteiger partial charge is 0.472 e. The van der Waals surface area contributed by atoms with Crippen molar-refractivity contribution in [2.24, 2.45) is 0 Å². The molecular formula is C29H30N4O3. The molecule has 1 aliphatic rings. The number of carbonyl (C=O) groups is 2. The van der Waals surface area contributed by atoms with Crippen LogP contribution in [0, 0.1) is 6.92 Å². The maximum Gasteiger partial charge on any atom is 0.257 e. The molecule has 7 heteroatoms. The predicted octanol–water partition coefficient (Wildman–Crippen LogP) is 5.04. The van der Waals surface area contributed by atoms with Gasteiger partial charge >= 0.3 is 0 Å². The third-order valence-corrected chi connectivity index (χ3v) is 6.84. The maximum absolute atomic E-state index is 13.5. The van der Waals surface area contributed by atoms with Gasteiger partial charge in [0.05, 0.1) is 23.1 Å². The molecule has 184 valence electrons. The number of carbonyl (C=O) groups excluding carboxylic acids is 2. The molecule has 1 N–H and O–H groups in total. The number of aryl methyl sites for hydroxylation is 2. The molecule has 0 bridgehead atoms. The van der Waals surface area contributed by atoms with Crippen LogP contribution in [-0.4, -0.2) is 45.6 Å². The molecule has 0 spiro atoms. The topological polar surface area (TPSA) is 80.4 Å². The zero-order chi connectivity index (χ0) is 25.1.